The van der Waals surface area contributed by atoms with Crippen LogP contribution in [0.2, 0.25) is 0 Å². The van der Waals surface area contributed by atoms with Crippen molar-refractivity contribution in [1.82, 2.24) is 0 Å². The third kappa shape index (κ3) is 3.59. The summed E-state index contributed by atoms with van der Waals surface area (Å²) in [6.45, 7) is 0. The Morgan fingerprint density at radius 1 is 1.05 bits per heavy atom. The van der Waals surface area contributed by atoms with Crippen molar-refractivity contribution in [1.29, 1.82) is 0 Å². The van der Waals surface area contributed by atoms with Crippen molar-refractivity contribution in [3.05, 3.63) is 65.0 Å². The van der Waals surface area contributed by atoms with Crippen LogP contribution < -0.4 is 5.73 Å². The molecule has 0 aliphatic carbocycles. The van der Waals surface area contributed by atoms with E-state index in [1.807, 2.05) is 0 Å². The number of halogens is 4. The Labute approximate surface area is 118 Å². The summed E-state index contributed by atoms with van der Waals surface area (Å²) in [7, 11) is 0. The van der Waals surface area contributed by atoms with Crippen LogP contribution in [0.1, 0.15) is 21.5 Å². The van der Waals surface area contributed by atoms with E-state index in [0.29, 0.717) is 23.4 Å². The first-order chi connectivity index (χ1) is 9.77. The average molecular weight is 297 g/mol. The van der Waals surface area contributed by atoms with Crippen LogP contribution in [0.5, 0.6) is 0 Å². The Morgan fingerprint density at radius 3 is 2.19 bits per heavy atom. The average Bonchev–Trinajstić information content (AvgIpc) is 2.39. The van der Waals surface area contributed by atoms with E-state index in [4.69, 9.17) is 5.73 Å². The number of nitrogens with two attached hydrogens (primary N) is 1. The van der Waals surface area contributed by atoms with Crippen LogP contribution in [-0.4, -0.2) is 5.78 Å². The Balaban J connectivity index is 2.20. The number of carbonyl (C=O) groups is 1. The largest absolute Gasteiger partial charge is 0.419 e. The lowest BCUT2D eigenvalue weighted by Gasteiger charge is -2.09. The van der Waals surface area contributed by atoms with Gasteiger partial charge in [-0.15, -0.1) is 0 Å². The van der Waals surface area contributed by atoms with Crippen LogP contribution in [0, 0.1) is 5.82 Å². The van der Waals surface area contributed by atoms with Gasteiger partial charge in [-0.2, -0.15) is 13.2 Å². The molecule has 2 N–H and O–H groups in total. The molecule has 2 nitrogen and oxygen atoms in total. The number of alkyl halides is 3. The summed E-state index contributed by atoms with van der Waals surface area (Å²) in [4.78, 5) is 11.9. The summed E-state index contributed by atoms with van der Waals surface area (Å²) in [5.41, 5.74) is 5.20. The monoisotopic (exact) mass is 297 g/mol. The molecular weight excluding hydrogens is 286 g/mol. The number of benzene rings is 2. The first-order valence-electron chi connectivity index (χ1n) is 6.02. The van der Waals surface area contributed by atoms with Gasteiger partial charge >= 0.3 is 6.18 Å². The second-order valence-electron chi connectivity index (χ2n) is 4.53. The quantitative estimate of drug-likeness (QED) is 0.531. The molecule has 0 atom stereocenters. The molecule has 110 valence electrons. The summed E-state index contributed by atoms with van der Waals surface area (Å²) >= 11 is 0. The van der Waals surface area contributed by atoms with E-state index < -0.39 is 23.3 Å². The van der Waals surface area contributed by atoms with Gasteiger partial charge in [0.15, 0.2) is 5.78 Å². The molecule has 2 aromatic carbocycles. The van der Waals surface area contributed by atoms with Gasteiger partial charge < -0.3 is 5.73 Å². The Kier molecular flexibility index (Phi) is 3.97. The molecule has 0 spiro atoms. The number of carbonyl (C=O) groups excluding carboxylic acids is 1. The van der Waals surface area contributed by atoms with Crippen molar-refractivity contribution in [2.75, 3.05) is 5.73 Å². The van der Waals surface area contributed by atoms with Crippen LogP contribution in [0.15, 0.2) is 42.5 Å². The molecule has 0 radical (unpaired) electrons. The Hall–Kier alpha value is -2.37. The third-order valence-corrected chi connectivity index (χ3v) is 2.94. The number of rotatable bonds is 3. The van der Waals surface area contributed by atoms with Crippen molar-refractivity contribution in [2.24, 2.45) is 0 Å². The predicted molar refractivity (Wildman–Crippen MR) is 70.3 cm³/mol. The van der Waals surface area contributed by atoms with E-state index in [2.05, 4.69) is 0 Å². The first kappa shape index (κ1) is 15.0. The Bertz CT molecular complexity index is 662. The molecule has 2 aromatic rings. The predicted octanol–water partition coefficient (Wildman–Crippen LogP) is 3.85. The van der Waals surface area contributed by atoms with Gasteiger partial charge in [0.2, 0.25) is 0 Å². The fourth-order valence-corrected chi connectivity index (χ4v) is 1.84. The topological polar surface area (TPSA) is 43.1 Å². The maximum atomic E-state index is 13.4. The summed E-state index contributed by atoms with van der Waals surface area (Å²) in [6, 6.07) is 8.65. The zero-order chi connectivity index (χ0) is 15.6. The smallest absolute Gasteiger partial charge is 0.399 e. The van der Waals surface area contributed by atoms with Crippen LogP contribution >= 0.6 is 0 Å². The number of Topliss-reactive ketones (excluding diaryl/α,β-unsaturated/α-hetero) is 1. The maximum Gasteiger partial charge on any atom is 0.419 e. The normalized spacial score (nSPS) is 11.4. The van der Waals surface area contributed by atoms with E-state index in [1.54, 1.807) is 24.3 Å². The molecule has 0 saturated carbocycles. The molecule has 6 heteroatoms. The molecular formula is C15H11F4NO. The minimum Gasteiger partial charge on any atom is -0.399 e. The van der Waals surface area contributed by atoms with Crippen molar-refractivity contribution >= 4 is 11.5 Å². The number of ketones is 1. The lowest BCUT2D eigenvalue weighted by molar-refractivity contribution is -0.140. The number of hydrogen-bond donors (Lipinski definition) is 1. The summed E-state index contributed by atoms with van der Waals surface area (Å²) < 4.78 is 50.7. The molecule has 21 heavy (non-hydrogen) atoms. The highest BCUT2D eigenvalue weighted by molar-refractivity contribution is 5.97. The van der Waals surface area contributed by atoms with E-state index >= 15 is 0 Å². The van der Waals surface area contributed by atoms with Gasteiger partial charge in [0.05, 0.1) is 5.56 Å². The van der Waals surface area contributed by atoms with Crippen molar-refractivity contribution in [3.63, 3.8) is 0 Å². The highest BCUT2D eigenvalue weighted by Crippen LogP contribution is 2.31. The molecule has 0 saturated heterocycles. The van der Waals surface area contributed by atoms with Gasteiger partial charge in [0.1, 0.15) is 5.82 Å². The van der Waals surface area contributed by atoms with Gasteiger partial charge in [0, 0.05) is 17.7 Å². The minimum absolute atomic E-state index is 0.0366. The van der Waals surface area contributed by atoms with E-state index in [-0.39, 0.29) is 12.0 Å². The summed E-state index contributed by atoms with van der Waals surface area (Å²) in [5.74, 6) is -1.92. The van der Waals surface area contributed by atoms with Gasteiger partial charge in [-0.1, -0.05) is 18.2 Å². The molecule has 0 heterocycles. The lowest BCUT2D eigenvalue weighted by atomic mass is 10.0. The zero-order valence-corrected chi connectivity index (χ0v) is 10.7. The summed E-state index contributed by atoms with van der Waals surface area (Å²) in [6.07, 6.45) is -4.81. The standard InChI is InChI=1S/C15H11F4NO/c16-13-8-10(3-6-12(13)15(17,18)19)14(21)7-9-1-4-11(20)5-2-9/h1-6,8H,7,20H2. The van der Waals surface area contributed by atoms with Crippen molar-refractivity contribution in [2.45, 2.75) is 12.6 Å². The van der Waals surface area contributed by atoms with E-state index in [0.717, 1.165) is 6.07 Å². The highest BCUT2D eigenvalue weighted by atomic mass is 19.4. The summed E-state index contributed by atoms with van der Waals surface area (Å²) in [5, 5.41) is 0. The zero-order valence-electron chi connectivity index (χ0n) is 10.7. The lowest BCUT2D eigenvalue weighted by Crippen LogP contribution is -2.10. The number of anilines is 1. The highest BCUT2D eigenvalue weighted by Gasteiger charge is 2.34. The van der Waals surface area contributed by atoms with Crippen molar-refractivity contribution in [3.8, 4) is 0 Å². The van der Waals surface area contributed by atoms with Crippen LogP contribution in [0.4, 0.5) is 23.2 Å². The number of nitrogen functional groups attached to an aromatic ring is 1. The van der Waals surface area contributed by atoms with Crippen LogP contribution in [-0.2, 0) is 12.6 Å². The molecule has 0 unspecified atom stereocenters. The minimum atomic E-state index is -4.78. The SMILES string of the molecule is Nc1ccc(CC(=O)c2ccc(C(F)(F)F)c(F)c2)cc1. The van der Waals surface area contributed by atoms with Crippen LogP contribution in [0.3, 0.4) is 0 Å². The molecule has 0 aromatic heterocycles. The number of hydrogen-bond acceptors (Lipinski definition) is 2. The van der Waals surface area contributed by atoms with Gasteiger partial charge in [-0.05, 0) is 29.8 Å². The second-order valence-corrected chi connectivity index (χ2v) is 4.53. The maximum absolute atomic E-state index is 13.4. The molecule has 0 aliphatic rings. The third-order valence-electron chi connectivity index (χ3n) is 2.94. The fraction of sp³-hybridized carbons (Fsp3) is 0.133. The molecule has 0 bridgehead atoms. The molecule has 2 rings (SSSR count). The Morgan fingerprint density at radius 2 is 1.67 bits per heavy atom. The first-order valence-corrected chi connectivity index (χ1v) is 6.02. The van der Waals surface area contributed by atoms with Crippen LogP contribution in [0.25, 0.3) is 0 Å². The second kappa shape index (κ2) is 5.55. The molecule has 0 fully saturated rings. The molecule has 0 amide bonds. The fourth-order valence-electron chi connectivity index (χ4n) is 1.84. The van der Waals surface area contributed by atoms with E-state index in [1.165, 1.54) is 0 Å². The molecule has 0 aliphatic heterocycles. The van der Waals surface area contributed by atoms with Gasteiger partial charge in [0.25, 0.3) is 0 Å². The van der Waals surface area contributed by atoms with Gasteiger partial charge in [-0.3, -0.25) is 4.79 Å². The van der Waals surface area contributed by atoms with E-state index in [9.17, 15) is 22.4 Å². The van der Waals surface area contributed by atoms with Gasteiger partial charge in [-0.25, -0.2) is 4.39 Å². The van der Waals surface area contributed by atoms with Crippen molar-refractivity contribution < 1.29 is 22.4 Å².